The van der Waals surface area contributed by atoms with E-state index in [4.69, 9.17) is 10.5 Å². The lowest BCUT2D eigenvalue weighted by Crippen LogP contribution is -1.97. The van der Waals surface area contributed by atoms with E-state index in [2.05, 4.69) is 20.9 Å². The number of hydrogen-bond acceptors (Lipinski definition) is 4. The zero-order chi connectivity index (χ0) is 13.1. The third-order valence-electron chi connectivity index (χ3n) is 2.54. The van der Waals surface area contributed by atoms with Gasteiger partial charge < -0.3 is 10.5 Å². The van der Waals surface area contributed by atoms with Gasteiger partial charge >= 0.3 is 0 Å². The summed E-state index contributed by atoms with van der Waals surface area (Å²) in [5.41, 5.74) is 7.34. The SMILES string of the molecule is COc1ccc(F)cc1CCc1nc(N)sc1Br. The van der Waals surface area contributed by atoms with E-state index in [1.54, 1.807) is 13.2 Å². The highest BCUT2D eigenvalue weighted by molar-refractivity contribution is 9.11. The van der Waals surface area contributed by atoms with Crippen LogP contribution in [0.2, 0.25) is 0 Å². The van der Waals surface area contributed by atoms with Gasteiger partial charge in [0.05, 0.1) is 16.6 Å². The summed E-state index contributed by atoms with van der Waals surface area (Å²) in [5.74, 6) is 0.429. The van der Waals surface area contributed by atoms with Crippen LogP contribution in [0.1, 0.15) is 11.3 Å². The lowest BCUT2D eigenvalue weighted by atomic mass is 10.1. The van der Waals surface area contributed by atoms with Crippen LogP contribution in [-0.2, 0) is 12.8 Å². The van der Waals surface area contributed by atoms with Crippen LogP contribution in [0, 0.1) is 5.82 Å². The van der Waals surface area contributed by atoms with Crippen LogP contribution >= 0.6 is 27.3 Å². The first-order valence-corrected chi connectivity index (χ1v) is 6.94. The summed E-state index contributed by atoms with van der Waals surface area (Å²) in [7, 11) is 1.58. The molecule has 1 heterocycles. The van der Waals surface area contributed by atoms with Crippen LogP contribution in [0.3, 0.4) is 0 Å². The fourth-order valence-corrected chi connectivity index (χ4v) is 3.09. The van der Waals surface area contributed by atoms with E-state index < -0.39 is 0 Å². The molecule has 0 saturated carbocycles. The standard InChI is InChI=1S/C12H12BrFN2OS/c1-17-10-5-3-8(14)6-7(10)2-4-9-11(13)18-12(15)16-9/h3,5-6H,2,4H2,1H3,(H2,15,16). The number of rotatable bonds is 4. The maximum Gasteiger partial charge on any atom is 0.181 e. The molecule has 96 valence electrons. The number of halogens is 2. The topological polar surface area (TPSA) is 48.1 Å². The van der Waals surface area contributed by atoms with Crippen molar-refractivity contribution in [1.29, 1.82) is 0 Å². The van der Waals surface area contributed by atoms with Crippen molar-refractivity contribution < 1.29 is 9.13 Å². The monoisotopic (exact) mass is 330 g/mol. The Morgan fingerprint density at radius 3 is 2.83 bits per heavy atom. The Hall–Kier alpha value is -1.14. The third-order valence-corrected chi connectivity index (χ3v) is 4.20. The first-order valence-electron chi connectivity index (χ1n) is 5.33. The van der Waals surface area contributed by atoms with Gasteiger partial charge in [0.1, 0.15) is 11.6 Å². The molecular formula is C12H12BrFN2OS. The molecule has 0 amide bonds. The minimum absolute atomic E-state index is 0.261. The van der Waals surface area contributed by atoms with Gasteiger partial charge in [-0.15, -0.1) is 0 Å². The van der Waals surface area contributed by atoms with Crippen molar-refractivity contribution in [3.63, 3.8) is 0 Å². The molecule has 18 heavy (non-hydrogen) atoms. The van der Waals surface area contributed by atoms with Crippen LogP contribution in [0.5, 0.6) is 5.75 Å². The highest BCUT2D eigenvalue weighted by atomic mass is 79.9. The molecule has 1 aromatic carbocycles. The highest BCUT2D eigenvalue weighted by Gasteiger charge is 2.10. The first-order chi connectivity index (χ1) is 8.60. The van der Waals surface area contributed by atoms with Gasteiger partial charge in [0.15, 0.2) is 5.13 Å². The van der Waals surface area contributed by atoms with E-state index in [0.29, 0.717) is 23.7 Å². The predicted octanol–water partition coefficient (Wildman–Crippen LogP) is 3.42. The van der Waals surface area contributed by atoms with Gasteiger partial charge in [-0.3, -0.25) is 0 Å². The van der Waals surface area contributed by atoms with E-state index >= 15 is 0 Å². The van der Waals surface area contributed by atoms with E-state index in [1.165, 1.54) is 23.5 Å². The van der Waals surface area contributed by atoms with Crippen molar-refractivity contribution in [2.75, 3.05) is 12.8 Å². The van der Waals surface area contributed by atoms with Gasteiger partial charge in [0.2, 0.25) is 0 Å². The molecule has 0 aliphatic heterocycles. The third kappa shape index (κ3) is 3.00. The molecule has 3 nitrogen and oxygen atoms in total. The minimum atomic E-state index is -0.261. The molecule has 0 unspecified atom stereocenters. The molecule has 6 heteroatoms. The van der Waals surface area contributed by atoms with E-state index in [0.717, 1.165) is 15.0 Å². The van der Waals surface area contributed by atoms with Gasteiger partial charge in [-0.2, -0.15) is 0 Å². The second-order valence-electron chi connectivity index (χ2n) is 3.73. The number of anilines is 1. The number of nitrogens with two attached hydrogens (primary N) is 1. The first kappa shape index (κ1) is 13.3. The molecule has 0 fully saturated rings. The van der Waals surface area contributed by atoms with Crippen molar-refractivity contribution in [1.82, 2.24) is 4.98 Å². The van der Waals surface area contributed by atoms with E-state index in [9.17, 15) is 4.39 Å². The van der Waals surface area contributed by atoms with Crippen molar-refractivity contribution in [2.24, 2.45) is 0 Å². The summed E-state index contributed by atoms with van der Waals surface area (Å²) in [6.45, 7) is 0. The number of nitrogens with zero attached hydrogens (tertiary/aromatic N) is 1. The summed E-state index contributed by atoms with van der Waals surface area (Å²) in [6, 6.07) is 4.51. The number of ether oxygens (including phenoxy) is 1. The molecule has 0 atom stereocenters. The molecule has 2 aromatic rings. The summed E-state index contributed by atoms with van der Waals surface area (Å²) in [4.78, 5) is 4.22. The summed E-state index contributed by atoms with van der Waals surface area (Å²) in [6.07, 6.45) is 1.34. The molecule has 0 radical (unpaired) electrons. The fourth-order valence-electron chi connectivity index (χ4n) is 1.70. The van der Waals surface area contributed by atoms with Gasteiger partial charge in [-0.25, -0.2) is 9.37 Å². The quantitative estimate of drug-likeness (QED) is 0.934. The Morgan fingerprint density at radius 1 is 1.44 bits per heavy atom. The molecule has 2 N–H and O–H groups in total. The summed E-state index contributed by atoms with van der Waals surface area (Å²) < 4.78 is 19.3. The van der Waals surface area contributed by atoms with Crippen molar-refractivity contribution in [3.05, 3.63) is 39.1 Å². The van der Waals surface area contributed by atoms with Gasteiger partial charge in [0, 0.05) is 0 Å². The fraction of sp³-hybridized carbons (Fsp3) is 0.250. The second kappa shape index (κ2) is 5.67. The number of benzene rings is 1. The molecule has 0 aliphatic carbocycles. The smallest absolute Gasteiger partial charge is 0.181 e. The average molecular weight is 331 g/mol. The van der Waals surface area contributed by atoms with Crippen molar-refractivity contribution in [2.45, 2.75) is 12.8 Å². The Balaban J connectivity index is 2.14. The van der Waals surface area contributed by atoms with Gasteiger partial charge in [-0.1, -0.05) is 11.3 Å². The van der Waals surface area contributed by atoms with Crippen LogP contribution in [0.25, 0.3) is 0 Å². The van der Waals surface area contributed by atoms with Crippen molar-refractivity contribution in [3.8, 4) is 5.75 Å². The highest BCUT2D eigenvalue weighted by Crippen LogP contribution is 2.28. The maximum atomic E-state index is 13.2. The van der Waals surface area contributed by atoms with Gasteiger partial charge in [-0.05, 0) is 52.5 Å². The van der Waals surface area contributed by atoms with Crippen LogP contribution in [-0.4, -0.2) is 12.1 Å². The Kier molecular flexibility index (Phi) is 4.19. The second-order valence-corrected chi connectivity index (χ2v) is 6.08. The van der Waals surface area contributed by atoms with Crippen LogP contribution in [0.15, 0.2) is 22.0 Å². The zero-order valence-corrected chi connectivity index (χ0v) is 12.1. The summed E-state index contributed by atoms with van der Waals surface area (Å²) >= 11 is 4.81. The number of hydrogen-bond donors (Lipinski definition) is 1. The molecule has 2 rings (SSSR count). The zero-order valence-electron chi connectivity index (χ0n) is 9.74. The number of aryl methyl sites for hydroxylation is 2. The number of methoxy groups -OCH3 is 1. The predicted molar refractivity (Wildman–Crippen MR) is 74.6 cm³/mol. The van der Waals surface area contributed by atoms with Gasteiger partial charge in [0.25, 0.3) is 0 Å². The lowest BCUT2D eigenvalue weighted by molar-refractivity contribution is 0.408. The van der Waals surface area contributed by atoms with Crippen LogP contribution in [0.4, 0.5) is 9.52 Å². The Bertz CT molecular complexity index is 559. The lowest BCUT2D eigenvalue weighted by Gasteiger charge is -2.07. The summed E-state index contributed by atoms with van der Waals surface area (Å²) in [5, 5.41) is 0.531. The molecular weight excluding hydrogens is 319 g/mol. The minimum Gasteiger partial charge on any atom is -0.496 e. The van der Waals surface area contributed by atoms with E-state index in [-0.39, 0.29) is 5.82 Å². The maximum absolute atomic E-state index is 13.2. The normalized spacial score (nSPS) is 10.6. The largest absolute Gasteiger partial charge is 0.496 e. The molecule has 0 aliphatic rings. The molecule has 0 spiro atoms. The number of thiazole rings is 1. The Labute approximate surface area is 117 Å². The number of aromatic nitrogens is 1. The van der Waals surface area contributed by atoms with E-state index in [1.807, 2.05) is 0 Å². The Morgan fingerprint density at radius 2 is 2.22 bits per heavy atom. The number of nitrogen functional groups attached to an aromatic ring is 1. The molecule has 0 saturated heterocycles. The molecule has 1 aromatic heterocycles. The van der Waals surface area contributed by atoms with Crippen molar-refractivity contribution >= 4 is 32.4 Å². The van der Waals surface area contributed by atoms with Crippen LogP contribution < -0.4 is 10.5 Å². The average Bonchev–Trinajstić information content (AvgIpc) is 2.65. The molecule has 0 bridgehead atoms.